The third kappa shape index (κ3) is 2.44. The number of benzene rings is 1. The maximum atomic E-state index is 2.38. The van der Waals surface area contributed by atoms with E-state index in [4.69, 9.17) is 0 Å². The van der Waals surface area contributed by atoms with Gasteiger partial charge < -0.3 is 4.57 Å². The van der Waals surface area contributed by atoms with Crippen molar-refractivity contribution in [1.29, 1.82) is 0 Å². The number of nitrogens with zero attached hydrogens (tertiary/aromatic N) is 1. The number of hydrogen-bond donors (Lipinski definition) is 0. The molecule has 2 aromatic rings. The van der Waals surface area contributed by atoms with Gasteiger partial charge in [-0.3, -0.25) is 0 Å². The van der Waals surface area contributed by atoms with Crippen LogP contribution in [0.25, 0.3) is 5.69 Å². The first kappa shape index (κ1) is 12.0. The highest BCUT2D eigenvalue weighted by molar-refractivity contribution is 5.38. The highest BCUT2D eigenvalue weighted by Gasteiger charge is 2.12. The molecular weight excluding hydrogens is 206 g/mol. The Morgan fingerprint density at radius 3 is 2.41 bits per heavy atom. The molecule has 0 N–H and O–H groups in total. The summed E-state index contributed by atoms with van der Waals surface area (Å²) in [6, 6.07) is 15.1. The van der Waals surface area contributed by atoms with Gasteiger partial charge in [0.25, 0.3) is 0 Å². The van der Waals surface area contributed by atoms with Crippen LogP contribution in [-0.4, -0.2) is 4.57 Å². The zero-order chi connectivity index (χ0) is 12.3. The molecule has 0 amide bonds. The first-order chi connectivity index (χ1) is 8.24. The Morgan fingerprint density at radius 1 is 1.06 bits per heavy atom. The maximum Gasteiger partial charge on any atom is 0.0455 e. The molecule has 0 saturated heterocycles. The second-order valence-corrected chi connectivity index (χ2v) is 4.76. The van der Waals surface area contributed by atoms with Crippen molar-refractivity contribution in [2.24, 2.45) is 0 Å². The van der Waals surface area contributed by atoms with Gasteiger partial charge in [-0.05, 0) is 43.5 Å². The van der Waals surface area contributed by atoms with E-state index in [1.807, 2.05) is 0 Å². The first-order valence-electron chi connectivity index (χ1n) is 6.47. The topological polar surface area (TPSA) is 4.93 Å². The van der Waals surface area contributed by atoms with Crippen LogP contribution in [0.2, 0.25) is 0 Å². The molecule has 0 aliphatic heterocycles. The van der Waals surface area contributed by atoms with Crippen molar-refractivity contribution in [1.82, 2.24) is 4.57 Å². The van der Waals surface area contributed by atoms with Crippen molar-refractivity contribution in [2.45, 2.75) is 39.5 Å². The quantitative estimate of drug-likeness (QED) is 0.714. The van der Waals surface area contributed by atoms with Gasteiger partial charge >= 0.3 is 0 Å². The molecule has 1 atom stereocenters. The standard InChI is InChI=1S/C16H21N/c1-4-8-13(2)16-12-11-14(3)17(16)15-9-6-5-7-10-15/h5-7,9-13H,4,8H2,1-3H3. The molecule has 0 bridgehead atoms. The summed E-state index contributed by atoms with van der Waals surface area (Å²) >= 11 is 0. The second-order valence-electron chi connectivity index (χ2n) is 4.76. The van der Waals surface area contributed by atoms with Gasteiger partial charge in [0.05, 0.1) is 0 Å². The summed E-state index contributed by atoms with van der Waals surface area (Å²) in [6.07, 6.45) is 2.48. The van der Waals surface area contributed by atoms with Crippen LogP contribution in [0.1, 0.15) is 44.0 Å². The fraction of sp³-hybridized carbons (Fsp3) is 0.375. The predicted molar refractivity (Wildman–Crippen MR) is 73.8 cm³/mol. The Kier molecular flexibility index (Phi) is 3.68. The Balaban J connectivity index is 2.43. The molecule has 1 heteroatoms. The lowest BCUT2D eigenvalue weighted by Gasteiger charge is -2.16. The lowest BCUT2D eigenvalue weighted by Crippen LogP contribution is -2.05. The zero-order valence-electron chi connectivity index (χ0n) is 11.0. The van der Waals surface area contributed by atoms with E-state index in [0.29, 0.717) is 5.92 Å². The zero-order valence-corrected chi connectivity index (χ0v) is 11.0. The lowest BCUT2D eigenvalue weighted by atomic mass is 10.0. The van der Waals surface area contributed by atoms with Crippen LogP contribution in [-0.2, 0) is 0 Å². The monoisotopic (exact) mass is 227 g/mol. The summed E-state index contributed by atoms with van der Waals surface area (Å²) < 4.78 is 2.38. The minimum atomic E-state index is 0.619. The molecule has 1 heterocycles. The van der Waals surface area contributed by atoms with Gasteiger partial charge in [-0.25, -0.2) is 0 Å². The molecule has 1 nitrogen and oxygen atoms in total. The lowest BCUT2D eigenvalue weighted by molar-refractivity contribution is 0.633. The molecule has 0 fully saturated rings. The van der Waals surface area contributed by atoms with Crippen LogP contribution in [0.4, 0.5) is 0 Å². The number of aromatic nitrogens is 1. The molecule has 0 aliphatic carbocycles. The largest absolute Gasteiger partial charge is 0.318 e. The molecule has 0 spiro atoms. The average molecular weight is 227 g/mol. The summed E-state index contributed by atoms with van der Waals surface area (Å²) in [5, 5.41) is 0. The molecule has 1 unspecified atom stereocenters. The van der Waals surface area contributed by atoms with E-state index in [0.717, 1.165) is 0 Å². The van der Waals surface area contributed by atoms with Crippen LogP contribution in [0, 0.1) is 6.92 Å². The minimum Gasteiger partial charge on any atom is -0.318 e. The highest BCUT2D eigenvalue weighted by Crippen LogP contribution is 2.26. The second kappa shape index (κ2) is 5.22. The molecule has 2 rings (SSSR count). The van der Waals surface area contributed by atoms with E-state index < -0.39 is 0 Å². The first-order valence-corrected chi connectivity index (χ1v) is 6.47. The fourth-order valence-corrected chi connectivity index (χ4v) is 2.45. The SMILES string of the molecule is CCCC(C)c1ccc(C)n1-c1ccccc1. The average Bonchev–Trinajstić information content (AvgIpc) is 2.73. The predicted octanol–water partition coefficient (Wildman–Crippen LogP) is 4.69. The summed E-state index contributed by atoms with van der Waals surface area (Å²) in [7, 11) is 0. The van der Waals surface area contributed by atoms with Gasteiger partial charge in [0.1, 0.15) is 0 Å². The molecule has 1 aromatic carbocycles. The van der Waals surface area contributed by atoms with E-state index >= 15 is 0 Å². The summed E-state index contributed by atoms with van der Waals surface area (Å²) in [6.45, 7) is 6.74. The molecular formula is C16H21N. The van der Waals surface area contributed by atoms with Crippen LogP contribution < -0.4 is 0 Å². The Labute approximate surface area is 104 Å². The smallest absolute Gasteiger partial charge is 0.0455 e. The number of aryl methyl sites for hydroxylation is 1. The van der Waals surface area contributed by atoms with E-state index in [2.05, 4.69) is 67.8 Å². The maximum absolute atomic E-state index is 2.38. The van der Waals surface area contributed by atoms with Gasteiger partial charge in [-0.2, -0.15) is 0 Å². The summed E-state index contributed by atoms with van der Waals surface area (Å²) in [4.78, 5) is 0. The van der Waals surface area contributed by atoms with Gasteiger partial charge in [0.15, 0.2) is 0 Å². The highest BCUT2D eigenvalue weighted by atomic mass is 15.0. The van der Waals surface area contributed by atoms with E-state index in [9.17, 15) is 0 Å². The van der Waals surface area contributed by atoms with Gasteiger partial charge in [-0.15, -0.1) is 0 Å². The van der Waals surface area contributed by atoms with Crippen molar-refractivity contribution >= 4 is 0 Å². The summed E-state index contributed by atoms with van der Waals surface area (Å²) in [5.74, 6) is 0.619. The van der Waals surface area contributed by atoms with Crippen molar-refractivity contribution in [3.05, 3.63) is 53.9 Å². The molecule has 0 radical (unpaired) electrons. The summed E-state index contributed by atoms with van der Waals surface area (Å²) in [5.41, 5.74) is 4.01. The molecule has 17 heavy (non-hydrogen) atoms. The fourth-order valence-electron chi connectivity index (χ4n) is 2.45. The van der Waals surface area contributed by atoms with Crippen LogP contribution in [0.5, 0.6) is 0 Å². The van der Waals surface area contributed by atoms with Crippen LogP contribution in [0.15, 0.2) is 42.5 Å². The van der Waals surface area contributed by atoms with Crippen molar-refractivity contribution in [3.63, 3.8) is 0 Å². The van der Waals surface area contributed by atoms with Crippen molar-refractivity contribution < 1.29 is 0 Å². The third-order valence-electron chi connectivity index (χ3n) is 3.35. The molecule has 0 aliphatic rings. The molecule has 90 valence electrons. The minimum absolute atomic E-state index is 0.619. The Hall–Kier alpha value is -1.50. The van der Waals surface area contributed by atoms with Crippen molar-refractivity contribution in [2.75, 3.05) is 0 Å². The van der Waals surface area contributed by atoms with E-state index in [-0.39, 0.29) is 0 Å². The Morgan fingerprint density at radius 2 is 1.76 bits per heavy atom. The van der Waals surface area contributed by atoms with Gasteiger partial charge in [0, 0.05) is 17.1 Å². The van der Waals surface area contributed by atoms with Crippen LogP contribution >= 0.6 is 0 Å². The van der Waals surface area contributed by atoms with E-state index in [1.54, 1.807) is 0 Å². The normalized spacial score (nSPS) is 12.6. The van der Waals surface area contributed by atoms with Gasteiger partial charge in [-0.1, -0.05) is 38.5 Å². The number of para-hydroxylation sites is 1. The van der Waals surface area contributed by atoms with E-state index in [1.165, 1.54) is 29.9 Å². The number of rotatable bonds is 4. The third-order valence-corrected chi connectivity index (χ3v) is 3.35. The molecule has 1 aromatic heterocycles. The van der Waals surface area contributed by atoms with Crippen molar-refractivity contribution in [3.8, 4) is 5.69 Å². The van der Waals surface area contributed by atoms with Crippen LogP contribution in [0.3, 0.4) is 0 Å². The Bertz CT molecular complexity index is 468. The number of hydrogen-bond acceptors (Lipinski definition) is 0. The van der Waals surface area contributed by atoms with Gasteiger partial charge in [0.2, 0.25) is 0 Å². The molecule has 0 saturated carbocycles.